The van der Waals surface area contributed by atoms with E-state index in [9.17, 15) is 43.2 Å². The third-order valence-corrected chi connectivity index (χ3v) is 19.3. The summed E-state index contributed by atoms with van der Waals surface area (Å²) in [5.74, 6) is -1.41. The second-order valence-electron chi connectivity index (χ2n) is 26.6. The van der Waals surface area contributed by atoms with E-state index in [1.54, 1.807) is 0 Å². The van der Waals surface area contributed by atoms with Crippen LogP contribution in [0.1, 0.15) is 381 Å². The van der Waals surface area contributed by atoms with Crippen LogP contribution in [0.15, 0.2) is 0 Å². The Kier molecular flexibility index (Phi) is 64.9. The molecule has 0 amide bonds. The molecule has 0 fully saturated rings. The molecule has 0 spiro atoms. The maximum absolute atomic E-state index is 13.1. The SMILES string of the molecule is CCCCCCCCCCCCCCCCCCCCCC(=O)O[C@H](COC(=O)CCCCCCCCCCCCCCCCCCCC)COP(=O)(O)OC[C@@H](O)COP(=O)(O)OC[C@@H](COC(=O)CCCCCCC)OC(=O)CCCCCCCCC(C)CC. The van der Waals surface area contributed by atoms with Crippen LogP contribution >= 0.6 is 15.6 Å². The molecule has 0 aliphatic heterocycles. The topological polar surface area (TPSA) is 237 Å². The predicted molar refractivity (Wildman–Crippen MR) is 372 cm³/mol. The molecule has 0 bridgehead atoms. The molecule has 0 saturated heterocycles. The lowest BCUT2D eigenvalue weighted by Crippen LogP contribution is -2.30. The monoisotopic (exact) mass is 1350 g/mol. The van der Waals surface area contributed by atoms with Gasteiger partial charge in [-0.05, 0) is 31.6 Å². The van der Waals surface area contributed by atoms with E-state index in [4.69, 9.17) is 37.0 Å². The van der Waals surface area contributed by atoms with E-state index in [2.05, 4.69) is 34.6 Å². The summed E-state index contributed by atoms with van der Waals surface area (Å²) in [6, 6.07) is 0. The van der Waals surface area contributed by atoms with Crippen molar-refractivity contribution < 1.29 is 80.2 Å². The molecule has 0 heterocycles. The first-order chi connectivity index (χ1) is 44.6. The Morgan fingerprint density at radius 2 is 0.522 bits per heavy atom. The number of hydrogen-bond donors (Lipinski definition) is 3. The number of ether oxygens (including phenoxy) is 4. The van der Waals surface area contributed by atoms with Crippen LogP contribution in [0.4, 0.5) is 0 Å². The van der Waals surface area contributed by atoms with Gasteiger partial charge in [0.05, 0.1) is 26.4 Å². The molecule has 0 rings (SSSR count). The summed E-state index contributed by atoms with van der Waals surface area (Å²) < 4.78 is 68.1. The van der Waals surface area contributed by atoms with E-state index in [1.807, 2.05) is 0 Å². The predicted octanol–water partition coefficient (Wildman–Crippen LogP) is 21.3. The summed E-state index contributed by atoms with van der Waals surface area (Å²) in [4.78, 5) is 72.3. The maximum Gasteiger partial charge on any atom is 0.472 e. The highest BCUT2D eigenvalue weighted by Gasteiger charge is 2.30. The number of esters is 4. The fraction of sp³-hybridized carbons (Fsp3) is 0.945. The number of phosphoric acid groups is 2. The fourth-order valence-electron chi connectivity index (χ4n) is 11.1. The van der Waals surface area contributed by atoms with E-state index in [-0.39, 0.29) is 25.7 Å². The summed E-state index contributed by atoms with van der Waals surface area (Å²) in [7, 11) is -9.89. The van der Waals surface area contributed by atoms with Crippen LogP contribution in [0.3, 0.4) is 0 Å². The first-order valence-electron chi connectivity index (χ1n) is 38.2. The number of phosphoric ester groups is 2. The summed E-state index contributed by atoms with van der Waals surface area (Å²) in [6.45, 7) is 7.13. The Morgan fingerprint density at radius 1 is 0.304 bits per heavy atom. The number of hydrogen-bond acceptors (Lipinski definition) is 15. The van der Waals surface area contributed by atoms with E-state index in [1.165, 1.54) is 199 Å². The van der Waals surface area contributed by atoms with Crippen molar-refractivity contribution in [1.29, 1.82) is 0 Å². The van der Waals surface area contributed by atoms with Gasteiger partial charge in [-0.1, -0.05) is 330 Å². The second-order valence-corrected chi connectivity index (χ2v) is 29.5. The minimum Gasteiger partial charge on any atom is -0.462 e. The average molecular weight is 1350 g/mol. The lowest BCUT2D eigenvalue weighted by Gasteiger charge is -2.21. The van der Waals surface area contributed by atoms with Crippen LogP contribution in [0.2, 0.25) is 0 Å². The standard InChI is InChI=1S/C73H142O17P2/c1-6-10-13-16-18-20-22-24-26-28-30-32-34-36-38-40-42-48-53-58-72(77)89-69(63-84-71(76)57-52-47-41-39-37-35-33-31-29-27-25-23-21-19-17-14-11-7-2)65-88-92(81,82)86-61-67(74)60-85-91(79,80)87-64-68(62-83-70(75)56-51-45-15-12-8-3)90-73(78)59-54-49-44-43-46-50-55-66(5)9-4/h66-69,74H,6-65H2,1-5H3,(H,79,80)(H,81,82)/t66?,67-,68+,69+/m0/s1. The van der Waals surface area contributed by atoms with Gasteiger partial charge in [0, 0.05) is 25.7 Å². The maximum atomic E-state index is 13.1. The first-order valence-corrected chi connectivity index (χ1v) is 41.2. The van der Waals surface area contributed by atoms with Crippen LogP contribution in [-0.2, 0) is 65.4 Å². The van der Waals surface area contributed by atoms with Gasteiger partial charge in [-0.2, -0.15) is 0 Å². The zero-order valence-corrected chi connectivity index (χ0v) is 61.5. The van der Waals surface area contributed by atoms with Crippen molar-refractivity contribution in [2.45, 2.75) is 400 Å². The van der Waals surface area contributed by atoms with Gasteiger partial charge in [-0.15, -0.1) is 0 Å². The van der Waals surface area contributed by atoms with Crippen molar-refractivity contribution >= 4 is 39.5 Å². The Hall–Kier alpha value is -1.94. The molecule has 0 aliphatic carbocycles. The van der Waals surface area contributed by atoms with Crippen LogP contribution in [-0.4, -0.2) is 96.7 Å². The van der Waals surface area contributed by atoms with E-state index in [0.29, 0.717) is 25.7 Å². The summed E-state index contributed by atoms with van der Waals surface area (Å²) in [5, 5.41) is 10.6. The first kappa shape index (κ1) is 90.1. The van der Waals surface area contributed by atoms with Gasteiger partial charge in [0.25, 0.3) is 0 Å². The van der Waals surface area contributed by atoms with Crippen molar-refractivity contribution in [3.63, 3.8) is 0 Å². The van der Waals surface area contributed by atoms with Crippen molar-refractivity contribution in [3.05, 3.63) is 0 Å². The molecule has 0 saturated carbocycles. The van der Waals surface area contributed by atoms with Gasteiger partial charge >= 0.3 is 39.5 Å². The minimum absolute atomic E-state index is 0.102. The summed E-state index contributed by atoms with van der Waals surface area (Å²) >= 11 is 0. The number of aliphatic hydroxyl groups excluding tert-OH is 1. The van der Waals surface area contributed by atoms with Crippen LogP contribution in [0, 0.1) is 5.92 Å². The highest BCUT2D eigenvalue weighted by atomic mass is 31.2. The Morgan fingerprint density at radius 3 is 0.772 bits per heavy atom. The van der Waals surface area contributed by atoms with Gasteiger partial charge in [-0.3, -0.25) is 37.3 Å². The van der Waals surface area contributed by atoms with E-state index in [0.717, 1.165) is 102 Å². The zero-order valence-electron chi connectivity index (χ0n) is 59.7. The number of rotatable bonds is 73. The van der Waals surface area contributed by atoms with Crippen LogP contribution < -0.4 is 0 Å². The highest BCUT2D eigenvalue weighted by molar-refractivity contribution is 7.47. The summed E-state index contributed by atoms with van der Waals surface area (Å²) in [5.41, 5.74) is 0. The van der Waals surface area contributed by atoms with Gasteiger partial charge in [0.1, 0.15) is 19.3 Å². The van der Waals surface area contributed by atoms with Gasteiger partial charge in [0.2, 0.25) is 0 Å². The number of carbonyl (C=O) groups is 4. The summed E-state index contributed by atoms with van der Waals surface area (Å²) in [6.07, 6.45) is 54.7. The molecule has 0 radical (unpaired) electrons. The van der Waals surface area contributed by atoms with Gasteiger partial charge in [0.15, 0.2) is 12.2 Å². The number of unbranched alkanes of at least 4 members (excludes halogenated alkanes) is 44. The molecule has 17 nitrogen and oxygen atoms in total. The Balaban J connectivity index is 5.13. The molecular weight excluding hydrogens is 1210 g/mol. The van der Waals surface area contributed by atoms with Crippen LogP contribution in [0.25, 0.3) is 0 Å². The van der Waals surface area contributed by atoms with Crippen molar-refractivity contribution in [2.24, 2.45) is 5.92 Å². The quantitative estimate of drug-likeness (QED) is 0.0222. The Labute approximate surface area is 562 Å². The molecule has 3 unspecified atom stereocenters. The molecule has 3 N–H and O–H groups in total. The molecule has 0 aliphatic rings. The van der Waals surface area contributed by atoms with Gasteiger partial charge < -0.3 is 33.8 Å². The average Bonchev–Trinajstić information content (AvgIpc) is 2.01. The second kappa shape index (κ2) is 66.3. The minimum atomic E-state index is -4.95. The Bertz CT molecular complexity index is 1770. The number of carbonyl (C=O) groups excluding carboxylic acids is 4. The molecule has 6 atom stereocenters. The third-order valence-electron chi connectivity index (χ3n) is 17.4. The van der Waals surface area contributed by atoms with Crippen molar-refractivity contribution in [2.75, 3.05) is 39.6 Å². The van der Waals surface area contributed by atoms with Crippen LogP contribution in [0.5, 0.6) is 0 Å². The molecule has 0 aromatic heterocycles. The zero-order chi connectivity index (χ0) is 67.7. The molecular formula is C73H142O17P2. The molecule has 92 heavy (non-hydrogen) atoms. The van der Waals surface area contributed by atoms with E-state index < -0.39 is 97.5 Å². The lowest BCUT2D eigenvalue weighted by molar-refractivity contribution is -0.161. The molecule has 19 heteroatoms. The van der Waals surface area contributed by atoms with Crippen molar-refractivity contribution in [1.82, 2.24) is 0 Å². The normalized spacial score (nSPS) is 14.3. The van der Waals surface area contributed by atoms with Gasteiger partial charge in [-0.25, -0.2) is 9.13 Å². The van der Waals surface area contributed by atoms with Crippen molar-refractivity contribution in [3.8, 4) is 0 Å². The molecule has 546 valence electrons. The fourth-order valence-corrected chi connectivity index (χ4v) is 12.7. The largest absolute Gasteiger partial charge is 0.472 e. The smallest absolute Gasteiger partial charge is 0.462 e. The molecule has 0 aromatic rings. The highest BCUT2D eigenvalue weighted by Crippen LogP contribution is 2.45. The molecule has 0 aromatic carbocycles. The lowest BCUT2D eigenvalue weighted by atomic mass is 10.00. The third kappa shape index (κ3) is 65.4. The number of aliphatic hydroxyl groups is 1. The van der Waals surface area contributed by atoms with E-state index >= 15 is 0 Å².